The Balaban J connectivity index is 1.83. The fraction of sp³-hybridized carbons (Fsp3) is 0.312. The van der Waals surface area contributed by atoms with E-state index in [4.69, 9.17) is 9.47 Å². The molecule has 0 unspecified atom stereocenters. The van der Waals surface area contributed by atoms with Gasteiger partial charge in [0.2, 0.25) is 0 Å². The molecule has 1 heterocycles. The summed E-state index contributed by atoms with van der Waals surface area (Å²) in [5.74, 6) is 0.119. The maximum atomic E-state index is 11.9. The molecule has 0 N–H and O–H groups in total. The zero-order valence-corrected chi connectivity index (χ0v) is 14.3. The molecule has 23 heavy (non-hydrogen) atoms. The lowest BCUT2D eigenvalue weighted by Crippen LogP contribution is -2.25. The molecule has 0 atom stereocenters. The van der Waals surface area contributed by atoms with Crippen molar-refractivity contribution < 1.29 is 14.3 Å². The van der Waals surface area contributed by atoms with Gasteiger partial charge in [-0.1, -0.05) is 22.9 Å². The summed E-state index contributed by atoms with van der Waals surface area (Å²) in [6.45, 7) is 2.73. The van der Waals surface area contributed by atoms with Gasteiger partial charge >= 0.3 is 5.97 Å². The standard InChI is InChI=1S/C16H17BrN2O4/c1-2-9-19-15(20)8-7-14(18-19)16(21)23-11-10-22-13-5-3-12(17)4-6-13/h3-8H,2,9-11H2,1H3. The Bertz CT molecular complexity index is 713. The summed E-state index contributed by atoms with van der Waals surface area (Å²) in [6, 6.07) is 10.0. The Labute approximate surface area is 142 Å². The monoisotopic (exact) mass is 380 g/mol. The van der Waals surface area contributed by atoms with E-state index in [1.54, 1.807) is 0 Å². The molecule has 0 radical (unpaired) electrons. The van der Waals surface area contributed by atoms with E-state index in [9.17, 15) is 9.59 Å². The number of benzene rings is 1. The molecule has 0 aliphatic carbocycles. The number of esters is 1. The van der Waals surface area contributed by atoms with Gasteiger partial charge in [0.25, 0.3) is 5.56 Å². The van der Waals surface area contributed by atoms with Gasteiger partial charge in [-0.25, -0.2) is 9.48 Å². The number of ether oxygens (including phenoxy) is 2. The average Bonchev–Trinajstić information content (AvgIpc) is 2.55. The Hall–Kier alpha value is -2.15. The molecule has 1 aromatic carbocycles. The second kappa shape index (κ2) is 8.47. The molecule has 7 heteroatoms. The summed E-state index contributed by atoms with van der Waals surface area (Å²) in [6.07, 6.45) is 0.756. The minimum absolute atomic E-state index is 0.101. The largest absolute Gasteiger partial charge is 0.490 e. The molecule has 0 saturated carbocycles. The molecule has 0 saturated heterocycles. The number of rotatable bonds is 7. The van der Waals surface area contributed by atoms with Crippen LogP contribution < -0.4 is 10.3 Å². The highest BCUT2D eigenvalue weighted by atomic mass is 79.9. The van der Waals surface area contributed by atoms with E-state index in [1.165, 1.54) is 16.8 Å². The average molecular weight is 381 g/mol. The first-order chi connectivity index (χ1) is 11.1. The molecule has 0 bridgehead atoms. The smallest absolute Gasteiger partial charge is 0.358 e. The number of carbonyl (C=O) groups excluding carboxylic acids is 1. The number of carbonyl (C=O) groups is 1. The van der Waals surface area contributed by atoms with E-state index in [2.05, 4.69) is 21.0 Å². The number of nitrogens with zero attached hydrogens (tertiary/aromatic N) is 2. The molecule has 2 rings (SSSR count). The Morgan fingerprint density at radius 3 is 2.61 bits per heavy atom. The van der Waals surface area contributed by atoms with Crippen molar-refractivity contribution in [2.45, 2.75) is 19.9 Å². The van der Waals surface area contributed by atoms with Gasteiger partial charge in [0, 0.05) is 17.1 Å². The van der Waals surface area contributed by atoms with Crippen molar-refractivity contribution >= 4 is 21.9 Å². The lowest BCUT2D eigenvalue weighted by atomic mass is 10.3. The zero-order valence-electron chi connectivity index (χ0n) is 12.7. The van der Waals surface area contributed by atoms with Crippen LogP contribution in [-0.4, -0.2) is 29.0 Å². The lowest BCUT2D eigenvalue weighted by molar-refractivity contribution is 0.0440. The lowest BCUT2D eigenvalue weighted by Gasteiger charge is -2.08. The molecule has 0 spiro atoms. The Kier molecular flexibility index (Phi) is 6.34. The van der Waals surface area contributed by atoms with E-state index in [0.717, 1.165) is 10.9 Å². The number of halogens is 1. The number of hydrogen-bond donors (Lipinski definition) is 0. The molecule has 2 aromatic rings. The fourth-order valence-electron chi connectivity index (χ4n) is 1.83. The van der Waals surface area contributed by atoms with Crippen molar-refractivity contribution in [3.05, 3.63) is 56.9 Å². The van der Waals surface area contributed by atoms with Crippen molar-refractivity contribution in [1.29, 1.82) is 0 Å². The molecule has 122 valence electrons. The van der Waals surface area contributed by atoms with Gasteiger partial charge in [0.15, 0.2) is 5.69 Å². The van der Waals surface area contributed by atoms with Gasteiger partial charge in [0.05, 0.1) is 0 Å². The van der Waals surface area contributed by atoms with Crippen molar-refractivity contribution in [2.75, 3.05) is 13.2 Å². The van der Waals surface area contributed by atoms with Gasteiger partial charge in [-0.15, -0.1) is 0 Å². The van der Waals surface area contributed by atoms with Crippen molar-refractivity contribution in [3.8, 4) is 5.75 Å². The highest BCUT2D eigenvalue weighted by Gasteiger charge is 2.11. The summed E-state index contributed by atoms with van der Waals surface area (Å²) < 4.78 is 12.8. The summed E-state index contributed by atoms with van der Waals surface area (Å²) >= 11 is 3.34. The Morgan fingerprint density at radius 2 is 1.91 bits per heavy atom. The van der Waals surface area contributed by atoms with Gasteiger partial charge in [0.1, 0.15) is 19.0 Å². The summed E-state index contributed by atoms with van der Waals surface area (Å²) in [4.78, 5) is 23.5. The van der Waals surface area contributed by atoms with Gasteiger partial charge in [-0.05, 0) is 36.8 Å². The first kappa shape index (κ1) is 17.2. The Morgan fingerprint density at radius 1 is 1.17 bits per heavy atom. The highest BCUT2D eigenvalue weighted by molar-refractivity contribution is 9.10. The third-order valence-electron chi connectivity index (χ3n) is 2.91. The van der Waals surface area contributed by atoms with E-state index < -0.39 is 5.97 Å². The normalized spacial score (nSPS) is 10.3. The molecule has 1 aromatic heterocycles. The van der Waals surface area contributed by atoms with E-state index in [-0.39, 0.29) is 24.5 Å². The van der Waals surface area contributed by atoms with Crippen molar-refractivity contribution in [2.24, 2.45) is 0 Å². The SMILES string of the molecule is CCCn1nc(C(=O)OCCOc2ccc(Br)cc2)ccc1=O. The van der Waals surface area contributed by atoms with Crippen LogP contribution in [0.2, 0.25) is 0 Å². The molecule has 0 aliphatic heterocycles. The first-order valence-corrected chi connectivity index (χ1v) is 8.03. The van der Waals surface area contributed by atoms with Crippen LogP contribution in [0.5, 0.6) is 5.75 Å². The van der Waals surface area contributed by atoms with E-state index >= 15 is 0 Å². The topological polar surface area (TPSA) is 70.4 Å². The van der Waals surface area contributed by atoms with E-state index in [0.29, 0.717) is 12.3 Å². The van der Waals surface area contributed by atoms with Crippen molar-refractivity contribution in [3.63, 3.8) is 0 Å². The predicted octanol–water partition coefficient (Wildman–Crippen LogP) is 2.65. The van der Waals surface area contributed by atoms with Crippen LogP contribution in [-0.2, 0) is 11.3 Å². The van der Waals surface area contributed by atoms with E-state index in [1.807, 2.05) is 31.2 Å². The maximum Gasteiger partial charge on any atom is 0.358 e. The minimum Gasteiger partial charge on any atom is -0.490 e. The minimum atomic E-state index is -0.575. The van der Waals surface area contributed by atoms with Crippen LogP contribution in [0.4, 0.5) is 0 Å². The van der Waals surface area contributed by atoms with Gasteiger partial charge < -0.3 is 9.47 Å². The van der Waals surface area contributed by atoms with Crippen molar-refractivity contribution in [1.82, 2.24) is 9.78 Å². The fourth-order valence-corrected chi connectivity index (χ4v) is 2.09. The van der Waals surface area contributed by atoms with Crippen LogP contribution in [0, 0.1) is 0 Å². The van der Waals surface area contributed by atoms with Crippen LogP contribution in [0.15, 0.2) is 45.7 Å². The molecular weight excluding hydrogens is 364 g/mol. The third kappa shape index (κ3) is 5.21. The second-order valence-corrected chi connectivity index (χ2v) is 5.63. The van der Waals surface area contributed by atoms with Crippen LogP contribution in [0.3, 0.4) is 0 Å². The molecule has 6 nitrogen and oxygen atoms in total. The summed E-state index contributed by atoms with van der Waals surface area (Å²) in [5, 5.41) is 3.99. The predicted molar refractivity (Wildman–Crippen MR) is 88.7 cm³/mol. The number of hydrogen-bond acceptors (Lipinski definition) is 5. The molecule has 0 fully saturated rings. The second-order valence-electron chi connectivity index (χ2n) is 4.72. The molecule has 0 amide bonds. The van der Waals surface area contributed by atoms with Gasteiger partial charge in [-0.2, -0.15) is 5.10 Å². The number of aryl methyl sites for hydroxylation is 1. The summed E-state index contributed by atoms with van der Waals surface area (Å²) in [7, 11) is 0. The molecule has 0 aliphatic rings. The first-order valence-electron chi connectivity index (χ1n) is 7.24. The quantitative estimate of drug-likeness (QED) is 0.545. The number of aromatic nitrogens is 2. The molecular formula is C16H17BrN2O4. The van der Waals surface area contributed by atoms with Crippen LogP contribution in [0.25, 0.3) is 0 Å². The highest BCUT2D eigenvalue weighted by Crippen LogP contribution is 2.15. The van der Waals surface area contributed by atoms with Gasteiger partial charge in [-0.3, -0.25) is 4.79 Å². The zero-order chi connectivity index (χ0) is 16.7. The maximum absolute atomic E-state index is 11.9. The van der Waals surface area contributed by atoms with Crippen LogP contribution in [0.1, 0.15) is 23.8 Å². The summed E-state index contributed by atoms with van der Waals surface area (Å²) in [5.41, 5.74) is -0.122. The third-order valence-corrected chi connectivity index (χ3v) is 3.44. The van der Waals surface area contributed by atoms with Crippen LogP contribution >= 0.6 is 15.9 Å².